The number of rotatable bonds is 3. The lowest BCUT2D eigenvalue weighted by Gasteiger charge is -2.21. The van der Waals surface area contributed by atoms with Gasteiger partial charge in [0.2, 0.25) is 0 Å². The Morgan fingerprint density at radius 1 is 1.38 bits per heavy atom. The van der Waals surface area contributed by atoms with E-state index in [2.05, 4.69) is 17.2 Å². The van der Waals surface area contributed by atoms with Gasteiger partial charge in [0.1, 0.15) is 4.88 Å². The van der Waals surface area contributed by atoms with Crippen molar-refractivity contribution in [2.45, 2.75) is 50.7 Å². The lowest BCUT2D eigenvalue weighted by molar-refractivity contribution is 0.0822. The third-order valence-corrected chi connectivity index (χ3v) is 4.54. The fourth-order valence-corrected chi connectivity index (χ4v) is 3.24. The minimum Gasteiger partial charge on any atom is -0.395 e. The molecule has 0 spiro atoms. The fraction of sp³-hybridized carbons (Fsp3) is 0.562. The van der Waals surface area contributed by atoms with Crippen molar-refractivity contribution in [1.82, 2.24) is 5.32 Å². The van der Waals surface area contributed by atoms with Crippen molar-refractivity contribution in [3.63, 3.8) is 0 Å². The lowest BCUT2D eigenvalue weighted by Crippen LogP contribution is -2.42. The molecule has 21 heavy (non-hydrogen) atoms. The number of amides is 1. The zero-order chi connectivity index (χ0) is 15.1. The van der Waals surface area contributed by atoms with E-state index >= 15 is 0 Å². The summed E-state index contributed by atoms with van der Waals surface area (Å²) in [6.45, 7) is 0.0208. The Morgan fingerprint density at radius 3 is 3.00 bits per heavy atom. The van der Waals surface area contributed by atoms with Gasteiger partial charge in [-0.05, 0) is 24.3 Å². The molecule has 0 saturated heterocycles. The molecule has 114 valence electrons. The van der Waals surface area contributed by atoms with Crippen LogP contribution < -0.4 is 5.32 Å². The van der Waals surface area contributed by atoms with Crippen LogP contribution in [0.3, 0.4) is 0 Å². The van der Waals surface area contributed by atoms with Gasteiger partial charge < -0.3 is 15.5 Å². The Bertz CT molecular complexity index is 529. The molecule has 1 aromatic heterocycles. The molecule has 1 fully saturated rings. The quantitative estimate of drug-likeness (QED) is 0.590. The summed E-state index contributed by atoms with van der Waals surface area (Å²) in [6.07, 6.45) is 4.68. The number of hydrogen-bond donors (Lipinski definition) is 3. The number of aliphatic hydroxyl groups is 2. The molecule has 0 bridgehead atoms. The first-order chi connectivity index (χ1) is 10.2. The largest absolute Gasteiger partial charge is 0.395 e. The monoisotopic (exact) mass is 307 g/mol. The van der Waals surface area contributed by atoms with Crippen molar-refractivity contribution in [2.24, 2.45) is 0 Å². The Kier molecular flexibility index (Phi) is 6.24. The Hall–Kier alpha value is -1.35. The van der Waals surface area contributed by atoms with Gasteiger partial charge in [0.25, 0.3) is 5.91 Å². The molecule has 0 aromatic carbocycles. The highest BCUT2D eigenvalue weighted by molar-refractivity contribution is 7.12. The van der Waals surface area contributed by atoms with Crippen LogP contribution in [-0.2, 0) is 0 Å². The van der Waals surface area contributed by atoms with E-state index in [0.29, 0.717) is 16.9 Å². The molecule has 2 rings (SSSR count). The van der Waals surface area contributed by atoms with Gasteiger partial charge in [-0.15, -0.1) is 11.3 Å². The average Bonchev–Trinajstić information content (AvgIpc) is 2.85. The minimum absolute atomic E-state index is 0.0208. The SMILES string of the molecule is O=C(NC1CCCCCC1O)c1sccc1C#CCCO. The molecule has 1 saturated carbocycles. The number of thiophene rings is 1. The second-order valence-corrected chi connectivity index (χ2v) is 6.14. The van der Waals surface area contributed by atoms with E-state index in [9.17, 15) is 9.90 Å². The molecule has 1 amide bonds. The standard InChI is InChI=1S/C16H21NO3S/c18-10-5-4-6-12-9-11-21-15(12)16(20)17-13-7-2-1-3-8-14(13)19/h9,11,13-14,18-19H,1-3,5,7-8,10H2,(H,17,20). The van der Waals surface area contributed by atoms with Gasteiger partial charge in [0.15, 0.2) is 0 Å². The molecule has 3 N–H and O–H groups in total. The third kappa shape index (κ3) is 4.57. The maximum absolute atomic E-state index is 12.4. The number of hydrogen-bond acceptors (Lipinski definition) is 4. The molecule has 2 unspecified atom stereocenters. The van der Waals surface area contributed by atoms with Gasteiger partial charge in [-0.25, -0.2) is 0 Å². The normalized spacial score (nSPS) is 22.0. The van der Waals surface area contributed by atoms with Gasteiger partial charge in [-0.3, -0.25) is 4.79 Å². The van der Waals surface area contributed by atoms with E-state index < -0.39 is 6.10 Å². The maximum atomic E-state index is 12.4. The molecule has 1 aromatic rings. The number of aliphatic hydroxyl groups excluding tert-OH is 2. The highest BCUT2D eigenvalue weighted by Crippen LogP contribution is 2.20. The van der Waals surface area contributed by atoms with Crippen molar-refractivity contribution < 1.29 is 15.0 Å². The van der Waals surface area contributed by atoms with E-state index in [-0.39, 0.29) is 18.6 Å². The first kappa shape index (κ1) is 16.0. The van der Waals surface area contributed by atoms with E-state index in [1.165, 1.54) is 11.3 Å². The zero-order valence-corrected chi connectivity index (χ0v) is 12.8. The average molecular weight is 307 g/mol. The molecule has 5 heteroatoms. The van der Waals surface area contributed by atoms with Crippen molar-refractivity contribution in [2.75, 3.05) is 6.61 Å². The predicted octanol–water partition coefficient (Wildman–Crippen LogP) is 1.91. The van der Waals surface area contributed by atoms with E-state index in [1.54, 1.807) is 0 Å². The highest BCUT2D eigenvalue weighted by atomic mass is 32.1. The van der Waals surface area contributed by atoms with Gasteiger partial charge in [0.05, 0.1) is 18.8 Å². The second kappa shape index (κ2) is 8.18. The van der Waals surface area contributed by atoms with Crippen molar-refractivity contribution in [3.8, 4) is 11.8 Å². The molecule has 1 aliphatic carbocycles. The van der Waals surface area contributed by atoms with Gasteiger partial charge in [0, 0.05) is 12.0 Å². The summed E-state index contributed by atoms with van der Waals surface area (Å²) >= 11 is 1.35. The molecular weight excluding hydrogens is 286 g/mol. The molecule has 1 aliphatic rings. The highest BCUT2D eigenvalue weighted by Gasteiger charge is 2.24. The van der Waals surface area contributed by atoms with Crippen LogP contribution in [0.5, 0.6) is 0 Å². The van der Waals surface area contributed by atoms with E-state index in [1.807, 2.05) is 11.4 Å². The molecule has 0 radical (unpaired) electrons. The minimum atomic E-state index is -0.458. The Labute approximate surface area is 129 Å². The van der Waals surface area contributed by atoms with Crippen LogP contribution in [0.15, 0.2) is 11.4 Å². The maximum Gasteiger partial charge on any atom is 0.262 e. The summed E-state index contributed by atoms with van der Waals surface area (Å²) < 4.78 is 0. The molecular formula is C16H21NO3S. The van der Waals surface area contributed by atoms with Gasteiger partial charge in [-0.1, -0.05) is 31.1 Å². The summed E-state index contributed by atoms with van der Waals surface area (Å²) in [4.78, 5) is 12.9. The first-order valence-electron chi connectivity index (χ1n) is 7.38. The number of carbonyl (C=O) groups is 1. The first-order valence-corrected chi connectivity index (χ1v) is 8.26. The lowest BCUT2D eigenvalue weighted by atomic mass is 10.1. The van der Waals surface area contributed by atoms with E-state index in [0.717, 1.165) is 32.1 Å². The Morgan fingerprint density at radius 2 is 2.19 bits per heavy atom. The summed E-state index contributed by atoms with van der Waals surface area (Å²) in [7, 11) is 0. The predicted molar refractivity (Wildman–Crippen MR) is 83.2 cm³/mol. The van der Waals surface area contributed by atoms with Crippen LogP contribution in [-0.4, -0.2) is 34.9 Å². The molecule has 4 nitrogen and oxygen atoms in total. The van der Waals surface area contributed by atoms with Crippen molar-refractivity contribution in [3.05, 3.63) is 21.9 Å². The van der Waals surface area contributed by atoms with Crippen molar-refractivity contribution in [1.29, 1.82) is 0 Å². The van der Waals surface area contributed by atoms with Crippen LogP contribution in [0.1, 0.15) is 53.8 Å². The third-order valence-electron chi connectivity index (χ3n) is 3.63. The van der Waals surface area contributed by atoms with Crippen molar-refractivity contribution >= 4 is 17.2 Å². The van der Waals surface area contributed by atoms with Crippen LogP contribution in [0.25, 0.3) is 0 Å². The summed E-state index contributed by atoms with van der Waals surface area (Å²) in [5.74, 6) is 5.58. The van der Waals surface area contributed by atoms with Crippen LogP contribution in [0.4, 0.5) is 0 Å². The van der Waals surface area contributed by atoms with Crippen LogP contribution in [0, 0.1) is 11.8 Å². The van der Waals surface area contributed by atoms with Gasteiger partial charge in [-0.2, -0.15) is 0 Å². The summed E-state index contributed by atoms with van der Waals surface area (Å²) in [6, 6.07) is 1.65. The summed E-state index contributed by atoms with van der Waals surface area (Å²) in [5.41, 5.74) is 0.689. The van der Waals surface area contributed by atoms with Crippen LogP contribution >= 0.6 is 11.3 Å². The molecule has 0 aliphatic heterocycles. The second-order valence-electron chi connectivity index (χ2n) is 5.22. The summed E-state index contributed by atoms with van der Waals surface area (Å²) in [5, 5.41) is 23.6. The van der Waals surface area contributed by atoms with Gasteiger partial charge >= 0.3 is 0 Å². The zero-order valence-electron chi connectivity index (χ0n) is 12.0. The topological polar surface area (TPSA) is 69.6 Å². The van der Waals surface area contributed by atoms with E-state index in [4.69, 9.17) is 5.11 Å². The number of carbonyl (C=O) groups excluding carboxylic acids is 1. The molecule has 1 heterocycles. The molecule has 2 atom stereocenters. The number of nitrogens with one attached hydrogen (secondary N) is 1. The van der Waals surface area contributed by atoms with Crippen LogP contribution in [0.2, 0.25) is 0 Å². The smallest absolute Gasteiger partial charge is 0.262 e. The fourth-order valence-electron chi connectivity index (χ4n) is 2.49. The Balaban J connectivity index is 2.03.